The van der Waals surface area contributed by atoms with Crippen molar-refractivity contribution in [1.82, 2.24) is 0 Å². The highest BCUT2D eigenvalue weighted by Gasteiger charge is 2.19. The Balaban J connectivity index is 4.29. The second-order valence-corrected chi connectivity index (χ2v) is 18.9. The van der Waals surface area contributed by atoms with Gasteiger partial charge in [0.1, 0.15) is 13.2 Å². The fourth-order valence-electron chi connectivity index (χ4n) is 7.96. The highest BCUT2D eigenvalue weighted by atomic mass is 16.6. The highest BCUT2D eigenvalue weighted by Crippen LogP contribution is 2.18. The number of rotatable bonds is 47. The second-order valence-electron chi connectivity index (χ2n) is 18.9. The van der Waals surface area contributed by atoms with E-state index in [0.29, 0.717) is 19.3 Å². The van der Waals surface area contributed by atoms with Gasteiger partial charge in [-0.3, -0.25) is 14.4 Å². The molecule has 0 amide bonds. The largest absolute Gasteiger partial charge is 0.462 e. The van der Waals surface area contributed by atoms with E-state index >= 15 is 0 Å². The first kappa shape index (κ1) is 57.4. The van der Waals surface area contributed by atoms with Crippen molar-refractivity contribution in [1.29, 1.82) is 0 Å². The number of carbonyl (C=O) groups is 3. The lowest BCUT2D eigenvalue weighted by molar-refractivity contribution is -0.167. The van der Waals surface area contributed by atoms with Crippen LogP contribution < -0.4 is 0 Å². The lowest BCUT2D eigenvalue weighted by atomic mass is 9.99. The maximum absolute atomic E-state index is 12.8. The van der Waals surface area contributed by atoms with E-state index in [9.17, 15) is 14.4 Å². The standard InChI is InChI=1S/C53H102O6/c1-6-8-9-10-11-12-13-14-15-16-17-18-22-28-33-38-43-51(54)57-46-50(59-53(56)45-40-35-30-25-24-26-31-36-41-48(3)4)47-58-52(55)44-39-34-29-23-20-19-21-27-32-37-42-49(5)7-2/h48-50H,6-47H2,1-5H3/t49?,50-/m1/s1. The maximum Gasteiger partial charge on any atom is 0.306 e. The Hall–Kier alpha value is -1.59. The molecule has 6 heteroatoms. The summed E-state index contributed by atoms with van der Waals surface area (Å²) in [7, 11) is 0. The van der Waals surface area contributed by atoms with Crippen LogP contribution in [-0.4, -0.2) is 37.2 Å². The molecule has 0 saturated carbocycles. The number of hydrogen-bond donors (Lipinski definition) is 0. The van der Waals surface area contributed by atoms with Gasteiger partial charge in [0, 0.05) is 19.3 Å². The molecule has 0 saturated heterocycles. The lowest BCUT2D eigenvalue weighted by Crippen LogP contribution is -2.30. The maximum atomic E-state index is 12.8. The fourth-order valence-corrected chi connectivity index (χ4v) is 7.96. The molecule has 6 nitrogen and oxygen atoms in total. The highest BCUT2D eigenvalue weighted by molar-refractivity contribution is 5.71. The zero-order chi connectivity index (χ0) is 43.3. The van der Waals surface area contributed by atoms with Crippen molar-refractivity contribution >= 4 is 17.9 Å². The van der Waals surface area contributed by atoms with Crippen LogP contribution in [0.5, 0.6) is 0 Å². The van der Waals surface area contributed by atoms with Gasteiger partial charge in [-0.1, -0.05) is 253 Å². The molecule has 0 aromatic heterocycles. The Morgan fingerprint density at radius 3 is 0.966 bits per heavy atom. The van der Waals surface area contributed by atoms with Crippen molar-refractivity contribution in [3.63, 3.8) is 0 Å². The van der Waals surface area contributed by atoms with Gasteiger partial charge in [-0.05, 0) is 31.1 Å². The van der Waals surface area contributed by atoms with Gasteiger partial charge in [-0.15, -0.1) is 0 Å². The summed E-state index contributed by atoms with van der Waals surface area (Å²) in [6.45, 7) is 11.4. The number of ether oxygens (including phenoxy) is 3. The van der Waals surface area contributed by atoms with Crippen LogP contribution in [0.4, 0.5) is 0 Å². The first-order chi connectivity index (χ1) is 28.8. The van der Waals surface area contributed by atoms with Crippen molar-refractivity contribution in [3.05, 3.63) is 0 Å². The number of hydrogen-bond acceptors (Lipinski definition) is 6. The third-order valence-electron chi connectivity index (χ3n) is 12.3. The molecule has 0 aromatic rings. The van der Waals surface area contributed by atoms with Gasteiger partial charge in [0.25, 0.3) is 0 Å². The quantitative estimate of drug-likeness (QED) is 0.0345. The minimum atomic E-state index is -0.762. The Morgan fingerprint density at radius 1 is 0.356 bits per heavy atom. The molecule has 2 atom stereocenters. The van der Waals surface area contributed by atoms with E-state index in [1.807, 2.05) is 0 Å². The van der Waals surface area contributed by atoms with E-state index in [1.165, 1.54) is 180 Å². The molecule has 0 heterocycles. The summed E-state index contributed by atoms with van der Waals surface area (Å²) in [5.41, 5.74) is 0. The molecule has 0 N–H and O–H groups in total. The molecule has 0 rings (SSSR count). The van der Waals surface area contributed by atoms with Gasteiger partial charge in [0.15, 0.2) is 6.10 Å². The fraction of sp³-hybridized carbons (Fsp3) is 0.943. The molecule has 0 fully saturated rings. The molecule has 0 aliphatic rings. The normalized spacial score (nSPS) is 12.5. The van der Waals surface area contributed by atoms with Crippen molar-refractivity contribution in [2.45, 2.75) is 298 Å². The molecular weight excluding hydrogens is 733 g/mol. The van der Waals surface area contributed by atoms with Gasteiger partial charge in [0.2, 0.25) is 0 Å². The van der Waals surface area contributed by atoms with E-state index in [-0.39, 0.29) is 31.1 Å². The summed E-state index contributed by atoms with van der Waals surface area (Å²) in [6.07, 6.45) is 46.6. The molecule has 0 aliphatic carbocycles. The topological polar surface area (TPSA) is 78.9 Å². The zero-order valence-corrected chi connectivity index (χ0v) is 40.4. The summed E-state index contributed by atoms with van der Waals surface area (Å²) >= 11 is 0. The van der Waals surface area contributed by atoms with E-state index in [0.717, 1.165) is 69.6 Å². The predicted molar refractivity (Wildman–Crippen MR) is 252 cm³/mol. The number of esters is 3. The molecule has 0 aliphatic heterocycles. The zero-order valence-electron chi connectivity index (χ0n) is 40.4. The average Bonchev–Trinajstić information content (AvgIpc) is 3.22. The van der Waals surface area contributed by atoms with Crippen LogP contribution in [0.15, 0.2) is 0 Å². The van der Waals surface area contributed by atoms with Gasteiger partial charge >= 0.3 is 17.9 Å². The predicted octanol–water partition coefficient (Wildman–Crippen LogP) is 16.9. The third kappa shape index (κ3) is 45.8. The van der Waals surface area contributed by atoms with Crippen molar-refractivity contribution in [2.24, 2.45) is 11.8 Å². The SMILES string of the molecule is CCCCCCCCCCCCCCCCCCC(=O)OC[C@H](COC(=O)CCCCCCCCCCCCC(C)CC)OC(=O)CCCCCCCCCCC(C)C. The third-order valence-corrected chi connectivity index (χ3v) is 12.3. The van der Waals surface area contributed by atoms with E-state index < -0.39 is 6.10 Å². The molecule has 0 spiro atoms. The van der Waals surface area contributed by atoms with Crippen LogP contribution in [0.3, 0.4) is 0 Å². The van der Waals surface area contributed by atoms with Crippen LogP contribution in [-0.2, 0) is 28.6 Å². The average molecular weight is 835 g/mol. The van der Waals surface area contributed by atoms with Crippen LogP contribution in [0.1, 0.15) is 291 Å². The Kier molecular flexibility index (Phi) is 44.7. The van der Waals surface area contributed by atoms with E-state index in [4.69, 9.17) is 14.2 Å². The van der Waals surface area contributed by atoms with Gasteiger partial charge in [-0.2, -0.15) is 0 Å². The van der Waals surface area contributed by atoms with Gasteiger partial charge in [-0.25, -0.2) is 0 Å². The van der Waals surface area contributed by atoms with Crippen LogP contribution >= 0.6 is 0 Å². The Morgan fingerprint density at radius 2 is 0.644 bits per heavy atom. The summed E-state index contributed by atoms with van der Waals surface area (Å²) in [4.78, 5) is 37.9. The molecular formula is C53H102O6. The summed E-state index contributed by atoms with van der Waals surface area (Å²) in [6, 6.07) is 0. The summed E-state index contributed by atoms with van der Waals surface area (Å²) in [5.74, 6) is 0.813. The molecule has 0 bridgehead atoms. The van der Waals surface area contributed by atoms with Crippen molar-refractivity contribution in [2.75, 3.05) is 13.2 Å². The molecule has 0 aromatic carbocycles. The van der Waals surface area contributed by atoms with E-state index in [2.05, 4.69) is 34.6 Å². The lowest BCUT2D eigenvalue weighted by Gasteiger charge is -2.18. The first-order valence-corrected chi connectivity index (χ1v) is 26.3. The first-order valence-electron chi connectivity index (χ1n) is 26.3. The minimum absolute atomic E-state index is 0.0641. The minimum Gasteiger partial charge on any atom is -0.462 e. The van der Waals surface area contributed by atoms with Crippen molar-refractivity contribution in [3.8, 4) is 0 Å². The Bertz CT molecular complexity index is 902. The van der Waals surface area contributed by atoms with Crippen LogP contribution in [0.25, 0.3) is 0 Å². The van der Waals surface area contributed by atoms with Crippen LogP contribution in [0.2, 0.25) is 0 Å². The van der Waals surface area contributed by atoms with Crippen molar-refractivity contribution < 1.29 is 28.6 Å². The Labute approximate surface area is 368 Å². The second kappa shape index (κ2) is 45.9. The van der Waals surface area contributed by atoms with Crippen LogP contribution in [0, 0.1) is 11.8 Å². The smallest absolute Gasteiger partial charge is 0.306 e. The number of carbonyl (C=O) groups excluding carboxylic acids is 3. The monoisotopic (exact) mass is 835 g/mol. The molecule has 59 heavy (non-hydrogen) atoms. The van der Waals surface area contributed by atoms with Gasteiger partial charge < -0.3 is 14.2 Å². The van der Waals surface area contributed by atoms with Gasteiger partial charge in [0.05, 0.1) is 0 Å². The van der Waals surface area contributed by atoms with E-state index in [1.54, 1.807) is 0 Å². The molecule has 0 radical (unpaired) electrons. The summed E-state index contributed by atoms with van der Waals surface area (Å²) in [5, 5.41) is 0. The summed E-state index contributed by atoms with van der Waals surface area (Å²) < 4.78 is 16.8. The number of unbranched alkanes of at least 4 members (excludes halogenated alkanes) is 31. The molecule has 350 valence electrons. The molecule has 1 unspecified atom stereocenters.